The highest BCUT2D eigenvalue weighted by molar-refractivity contribution is 6.30. The monoisotopic (exact) mass is 409 g/mol. The number of rotatable bonds is 5. The van der Waals surface area contributed by atoms with Crippen LogP contribution in [0.4, 0.5) is 0 Å². The molecule has 144 valence electrons. The van der Waals surface area contributed by atoms with Crippen LogP contribution in [0.2, 0.25) is 10.0 Å². The summed E-state index contributed by atoms with van der Waals surface area (Å²) in [7, 11) is 1.91. The van der Waals surface area contributed by atoms with Crippen molar-refractivity contribution in [1.29, 1.82) is 0 Å². The van der Waals surface area contributed by atoms with E-state index < -0.39 is 5.91 Å². The van der Waals surface area contributed by atoms with Gasteiger partial charge in [0.1, 0.15) is 17.6 Å². The first-order valence-corrected chi connectivity index (χ1v) is 9.39. The number of ether oxygens (including phenoxy) is 3. The summed E-state index contributed by atoms with van der Waals surface area (Å²) in [6, 6.07) is 14.1. The minimum atomic E-state index is -1.14. The summed E-state index contributed by atoms with van der Waals surface area (Å²) in [6.45, 7) is 2.04. The van der Waals surface area contributed by atoms with Crippen LogP contribution >= 0.6 is 23.2 Å². The largest absolute Gasteiger partial charge is 0.462 e. The van der Waals surface area contributed by atoms with Crippen molar-refractivity contribution >= 4 is 29.2 Å². The smallest absolute Gasteiger partial charge is 0.318 e. The molecule has 7 heteroatoms. The van der Waals surface area contributed by atoms with Gasteiger partial charge in [0.2, 0.25) is 0 Å². The number of nitrogens with zero attached hydrogens (tertiary/aromatic N) is 1. The normalized spacial score (nSPS) is 19.3. The molecular formula is C20H21Cl2NO4. The molecule has 1 saturated heterocycles. The fourth-order valence-electron chi connectivity index (χ4n) is 3.02. The first kappa shape index (κ1) is 19.8. The van der Waals surface area contributed by atoms with E-state index in [1.807, 2.05) is 11.9 Å². The van der Waals surface area contributed by atoms with Crippen molar-refractivity contribution in [2.75, 3.05) is 13.6 Å². The van der Waals surface area contributed by atoms with Crippen LogP contribution in [0, 0.1) is 0 Å². The summed E-state index contributed by atoms with van der Waals surface area (Å²) in [4.78, 5) is 13.4. The van der Waals surface area contributed by atoms with Crippen molar-refractivity contribution < 1.29 is 19.0 Å². The Morgan fingerprint density at radius 3 is 1.93 bits per heavy atom. The molecular weight excluding hydrogens is 389 g/mol. The van der Waals surface area contributed by atoms with E-state index in [2.05, 4.69) is 0 Å². The van der Waals surface area contributed by atoms with Crippen molar-refractivity contribution in [1.82, 2.24) is 4.90 Å². The Hall–Kier alpha value is -1.95. The van der Waals surface area contributed by atoms with E-state index in [-0.39, 0.29) is 12.1 Å². The molecule has 0 spiro atoms. The Balaban J connectivity index is 1.91. The lowest BCUT2D eigenvalue weighted by Gasteiger charge is -2.46. The maximum Gasteiger partial charge on any atom is 0.318 e. The summed E-state index contributed by atoms with van der Waals surface area (Å²) < 4.78 is 18.0. The van der Waals surface area contributed by atoms with Gasteiger partial charge >= 0.3 is 11.9 Å². The molecule has 1 heterocycles. The van der Waals surface area contributed by atoms with E-state index in [1.54, 1.807) is 48.5 Å². The minimum absolute atomic E-state index is 0.307. The van der Waals surface area contributed by atoms with E-state index in [9.17, 15) is 4.79 Å². The molecule has 0 saturated carbocycles. The molecule has 1 atom stereocenters. The van der Waals surface area contributed by atoms with Gasteiger partial charge in [-0.05, 0) is 62.0 Å². The average Bonchev–Trinajstić information content (AvgIpc) is 2.62. The molecule has 1 aliphatic rings. The number of hydrogen-bond acceptors (Lipinski definition) is 5. The molecule has 1 fully saturated rings. The third-order valence-corrected chi connectivity index (χ3v) is 4.87. The lowest BCUT2D eigenvalue weighted by atomic mass is 10.0. The predicted molar refractivity (Wildman–Crippen MR) is 104 cm³/mol. The minimum Gasteiger partial charge on any atom is -0.462 e. The Kier molecular flexibility index (Phi) is 6.15. The number of piperidine rings is 1. The molecule has 1 aliphatic heterocycles. The molecule has 0 aromatic heterocycles. The van der Waals surface area contributed by atoms with E-state index in [0.29, 0.717) is 40.9 Å². The molecule has 2 aromatic carbocycles. The zero-order chi connectivity index (χ0) is 19.4. The maximum absolute atomic E-state index is 11.4. The van der Waals surface area contributed by atoms with Crippen LogP contribution in [0.25, 0.3) is 0 Å². The Morgan fingerprint density at radius 1 is 1.00 bits per heavy atom. The fraction of sp³-hybridized carbons (Fsp3) is 0.350. The third-order valence-electron chi connectivity index (χ3n) is 4.37. The van der Waals surface area contributed by atoms with Gasteiger partial charge < -0.3 is 14.2 Å². The highest BCUT2D eigenvalue weighted by Crippen LogP contribution is 2.35. The van der Waals surface area contributed by atoms with Crippen molar-refractivity contribution in [2.45, 2.75) is 31.8 Å². The lowest BCUT2D eigenvalue weighted by Crippen LogP contribution is -2.61. The number of carbonyl (C=O) groups excluding carboxylic acids is 1. The van der Waals surface area contributed by atoms with Gasteiger partial charge in [-0.15, -0.1) is 0 Å². The molecule has 0 N–H and O–H groups in total. The highest BCUT2D eigenvalue weighted by atomic mass is 35.5. The number of benzene rings is 2. The van der Waals surface area contributed by atoms with Crippen molar-refractivity contribution in [2.24, 2.45) is 0 Å². The highest BCUT2D eigenvalue weighted by Gasteiger charge is 2.47. The predicted octanol–water partition coefficient (Wildman–Crippen LogP) is 4.76. The summed E-state index contributed by atoms with van der Waals surface area (Å²) in [5.74, 6) is -0.260. The van der Waals surface area contributed by atoms with Gasteiger partial charge in [-0.3, -0.25) is 4.79 Å². The van der Waals surface area contributed by atoms with Gasteiger partial charge in [0.25, 0.3) is 0 Å². The average molecular weight is 410 g/mol. The topological polar surface area (TPSA) is 48.0 Å². The number of halogens is 2. The fourth-order valence-corrected chi connectivity index (χ4v) is 3.27. The van der Waals surface area contributed by atoms with Crippen LogP contribution in [0.1, 0.15) is 19.8 Å². The zero-order valence-corrected chi connectivity index (χ0v) is 16.7. The Bertz CT molecular complexity index is 732. The van der Waals surface area contributed by atoms with Gasteiger partial charge in [0.05, 0.1) is 6.42 Å². The molecule has 2 aromatic rings. The summed E-state index contributed by atoms with van der Waals surface area (Å²) >= 11 is 12.0. The van der Waals surface area contributed by atoms with E-state index in [0.717, 1.165) is 0 Å². The summed E-state index contributed by atoms with van der Waals surface area (Å²) in [5.41, 5.74) is 0. The molecule has 0 radical (unpaired) electrons. The van der Waals surface area contributed by atoms with Crippen LogP contribution in [0.3, 0.4) is 0 Å². The lowest BCUT2D eigenvalue weighted by molar-refractivity contribution is -0.251. The van der Waals surface area contributed by atoms with Crippen LogP contribution in [0.5, 0.6) is 11.5 Å². The molecule has 1 unspecified atom stereocenters. The quantitative estimate of drug-likeness (QED) is 0.525. The molecule has 0 bridgehead atoms. The molecule has 0 amide bonds. The molecule has 0 aliphatic carbocycles. The number of hydrogen-bond donors (Lipinski definition) is 0. The van der Waals surface area contributed by atoms with Gasteiger partial charge in [-0.1, -0.05) is 23.2 Å². The van der Waals surface area contributed by atoms with E-state index >= 15 is 0 Å². The van der Waals surface area contributed by atoms with Crippen LogP contribution in [0.15, 0.2) is 48.5 Å². The second kappa shape index (κ2) is 8.38. The van der Waals surface area contributed by atoms with Crippen molar-refractivity contribution in [3.63, 3.8) is 0 Å². The van der Waals surface area contributed by atoms with Crippen molar-refractivity contribution in [3.05, 3.63) is 58.6 Å². The van der Waals surface area contributed by atoms with Gasteiger partial charge in [-0.2, -0.15) is 0 Å². The molecule has 27 heavy (non-hydrogen) atoms. The van der Waals surface area contributed by atoms with Gasteiger partial charge in [0.15, 0.2) is 0 Å². The number of carbonyl (C=O) groups is 1. The Labute approximate surface area is 168 Å². The summed E-state index contributed by atoms with van der Waals surface area (Å²) in [6.07, 6.45) is 0.749. The second-order valence-corrected chi connectivity index (χ2v) is 7.34. The third kappa shape index (κ3) is 5.06. The molecule has 3 rings (SSSR count). The van der Waals surface area contributed by atoms with Crippen LogP contribution in [-0.4, -0.2) is 36.5 Å². The van der Waals surface area contributed by atoms with Gasteiger partial charge in [0, 0.05) is 23.5 Å². The SMILES string of the molecule is CC(=O)OC1CCN(C)C(Oc2ccc(Cl)cc2)(Oc2ccc(Cl)cc2)C1. The standard InChI is InChI=1S/C20H21Cl2NO4/c1-14(24)25-19-11-12-23(2)20(13-19,26-17-7-3-15(21)4-8-17)27-18-9-5-16(22)6-10-18/h3-10,19H,11-13H2,1-2H3. The first-order chi connectivity index (χ1) is 12.9. The van der Waals surface area contributed by atoms with E-state index in [1.165, 1.54) is 6.92 Å². The van der Waals surface area contributed by atoms with Crippen LogP contribution in [-0.2, 0) is 9.53 Å². The maximum atomic E-state index is 11.4. The van der Waals surface area contributed by atoms with Crippen LogP contribution < -0.4 is 9.47 Å². The zero-order valence-electron chi connectivity index (χ0n) is 15.2. The van der Waals surface area contributed by atoms with Gasteiger partial charge in [-0.25, -0.2) is 4.90 Å². The second-order valence-electron chi connectivity index (χ2n) is 6.47. The van der Waals surface area contributed by atoms with Crippen molar-refractivity contribution in [3.8, 4) is 11.5 Å². The molecule has 5 nitrogen and oxygen atoms in total. The number of esters is 1. The Morgan fingerprint density at radius 2 is 1.48 bits per heavy atom. The van der Waals surface area contributed by atoms with E-state index in [4.69, 9.17) is 37.4 Å². The number of likely N-dealkylation sites (tertiary alicyclic amines) is 1. The summed E-state index contributed by atoms with van der Waals surface area (Å²) in [5, 5.41) is 1.23. The first-order valence-electron chi connectivity index (χ1n) is 8.64.